The molecule has 8 heteroatoms. The highest BCUT2D eigenvalue weighted by atomic mass is 32.2. The molecule has 2 fully saturated rings. The molecule has 7 nitrogen and oxygen atoms in total. The lowest BCUT2D eigenvalue weighted by Gasteiger charge is -2.56. The molecule has 0 aromatic carbocycles. The second-order valence-electron chi connectivity index (χ2n) is 5.89. The van der Waals surface area contributed by atoms with E-state index in [1.165, 1.54) is 18.0 Å². The molecule has 0 saturated heterocycles. The Bertz CT molecular complexity index is 631. The number of carbonyl (C=O) groups is 1. The van der Waals surface area contributed by atoms with Crippen molar-refractivity contribution in [1.82, 2.24) is 15.3 Å². The summed E-state index contributed by atoms with van der Waals surface area (Å²) in [6, 6.07) is 2.11. The maximum Gasteiger partial charge on any atom is 0.404 e. The van der Waals surface area contributed by atoms with Crippen LogP contribution >= 0.6 is 11.8 Å². The van der Waals surface area contributed by atoms with E-state index in [1.807, 2.05) is 12.3 Å². The van der Waals surface area contributed by atoms with E-state index in [0.29, 0.717) is 16.6 Å². The molecule has 3 rings (SSSR count). The average Bonchev–Trinajstić information content (AvgIpc) is 2.42. The predicted octanol–water partition coefficient (Wildman–Crippen LogP) is 2.03. The standard InChI is InChI=1S/C14H16N4O3S/c1-22-12-16-7-8(6-15)11(18-12)21-10-4-14(5-10)2-9(3-14)17-13(19)20/h7,9-10,17H,2-5H2,1H3,(H,19,20). The van der Waals surface area contributed by atoms with Crippen molar-refractivity contribution in [3.63, 3.8) is 0 Å². The Balaban J connectivity index is 1.55. The van der Waals surface area contributed by atoms with Gasteiger partial charge in [0.1, 0.15) is 17.7 Å². The van der Waals surface area contributed by atoms with E-state index in [9.17, 15) is 4.79 Å². The molecule has 0 aliphatic heterocycles. The number of hydrogen-bond acceptors (Lipinski definition) is 6. The number of ether oxygens (including phenoxy) is 1. The van der Waals surface area contributed by atoms with E-state index in [2.05, 4.69) is 15.3 Å². The molecule has 1 aromatic rings. The summed E-state index contributed by atoms with van der Waals surface area (Å²) in [5, 5.41) is 20.9. The SMILES string of the molecule is CSc1ncc(C#N)c(OC2CC3(CC(NC(=O)O)C3)C2)n1. The lowest BCUT2D eigenvalue weighted by molar-refractivity contribution is -0.0853. The van der Waals surface area contributed by atoms with Gasteiger partial charge in [-0.15, -0.1) is 0 Å². The van der Waals surface area contributed by atoms with Gasteiger partial charge in [-0.1, -0.05) is 11.8 Å². The minimum atomic E-state index is -0.962. The molecule has 2 saturated carbocycles. The number of rotatable bonds is 4. The van der Waals surface area contributed by atoms with Crippen molar-refractivity contribution >= 4 is 17.9 Å². The first-order valence-corrected chi connectivity index (χ1v) is 8.23. The lowest BCUT2D eigenvalue weighted by Crippen LogP contribution is -2.58. The molecule has 0 bridgehead atoms. The molecular weight excluding hydrogens is 304 g/mol. The molecular formula is C14H16N4O3S. The van der Waals surface area contributed by atoms with Crippen molar-refractivity contribution in [1.29, 1.82) is 5.26 Å². The lowest BCUT2D eigenvalue weighted by atomic mass is 9.53. The number of nitriles is 1. The van der Waals surface area contributed by atoms with Gasteiger partial charge in [0.15, 0.2) is 5.16 Å². The van der Waals surface area contributed by atoms with Crippen LogP contribution in [0.3, 0.4) is 0 Å². The zero-order valence-corrected chi connectivity index (χ0v) is 12.9. The number of nitrogens with one attached hydrogen (secondary N) is 1. The molecule has 1 amide bonds. The van der Waals surface area contributed by atoms with Gasteiger partial charge in [-0.2, -0.15) is 10.2 Å². The fourth-order valence-electron chi connectivity index (χ4n) is 3.36. The monoisotopic (exact) mass is 320 g/mol. The molecule has 0 unspecified atom stereocenters. The molecule has 22 heavy (non-hydrogen) atoms. The molecule has 2 N–H and O–H groups in total. The Morgan fingerprint density at radius 3 is 2.86 bits per heavy atom. The van der Waals surface area contributed by atoms with Gasteiger partial charge in [0.2, 0.25) is 5.88 Å². The van der Waals surface area contributed by atoms with Crippen LogP contribution in [0.4, 0.5) is 4.79 Å². The summed E-state index contributed by atoms with van der Waals surface area (Å²) in [5.74, 6) is 0.348. The van der Waals surface area contributed by atoms with Gasteiger partial charge in [-0.25, -0.2) is 9.78 Å². The minimum absolute atomic E-state index is 0.0440. The van der Waals surface area contributed by atoms with Crippen molar-refractivity contribution in [3.05, 3.63) is 11.8 Å². The normalized spacial score (nSPS) is 29.1. The van der Waals surface area contributed by atoms with E-state index in [0.717, 1.165) is 25.7 Å². The first kappa shape index (κ1) is 14.9. The Kier molecular flexibility index (Phi) is 3.83. The van der Waals surface area contributed by atoms with Crippen LogP contribution < -0.4 is 10.1 Å². The summed E-state index contributed by atoms with van der Waals surface area (Å²) in [6.45, 7) is 0. The van der Waals surface area contributed by atoms with E-state index in [4.69, 9.17) is 15.1 Å². The number of nitrogens with zero attached hydrogens (tertiary/aromatic N) is 3. The zero-order valence-electron chi connectivity index (χ0n) is 12.1. The van der Waals surface area contributed by atoms with Gasteiger partial charge < -0.3 is 15.2 Å². The van der Waals surface area contributed by atoms with Gasteiger partial charge in [-0.3, -0.25) is 0 Å². The van der Waals surface area contributed by atoms with Crippen LogP contribution in [0.2, 0.25) is 0 Å². The van der Waals surface area contributed by atoms with Crippen molar-refractivity contribution in [3.8, 4) is 11.9 Å². The summed E-state index contributed by atoms with van der Waals surface area (Å²) in [6.07, 6.45) is 5.93. The Labute approximate surface area is 132 Å². The largest absolute Gasteiger partial charge is 0.473 e. The number of aromatic nitrogens is 2. The summed E-state index contributed by atoms with van der Waals surface area (Å²) in [7, 11) is 0. The van der Waals surface area contributed by atoms with Crippen LogP contribution in [0, 0.1) is 16.7 Å². The third kappa shape index (κ3) is 2.81. The Morgan fingerprint density at radius 1 is 1.55 bits per heavy atom. The smallest absolute Gasteiger partial charge is 0.404 e. The van der Waals surface area contributed by atoms with Crippen LogP contribution in [-0.2, 0) is 0 Å². The Morgan fingerprint density at radius 2 is 2.27 bits per heavy atom. The van der Waals surface area contributed by atoms with Crippen molar-refractivity contribution < 1.29 is 14.6 Å². The van der Waals surface area contributed by atoms with Crippen LogP contribution in [0.15, 0.2) is 11.4 Å². The average molecular weight is 320 g/mol. The fraction of sp³-hybridized carbons (Fsp3) is 0.571. The molecule has 116 valence electrons. The molecule has 0 radical (unpaired) electrons. The van der Waals surface area contributed by atoms with E-state index in [-0.39, 0.29) is 17.6 Å². The molecule has 1 aromatic heterocycles. The maximum absolute atomic E-state index is 10.6. The molecule has 1 heterocycles. The van der Waals surface area contributed by atoms with Crippen LogP contribution in [0.25, 0.3) is 0 Å². The molecule has 2 aliphatic rings. The number of amides is 1. The first-order chi connectivity index (χ1) is 10.5. The Hall–Kier alpha value is -2.01. The van der Waals surface area contributed by atoms with Gasteiger partial charge in [0, 0.05) is 6.04 Å². The van der Waals surface area contributed by atoms with Crippen molar-refractivity contribution in [2.75, 3.05) is 6.26 Å². The highest BCUT2D eigenvalue weighted by Gasteiger charge is 2.54. The highest BCUT2D eigenvalue weighted by Crippen LogP contribution is 2.56. The van der Waals surface area contributed by atoms with Gasteiger partial charge in [-0.05, 0) is 37.4 Å². The highest BCUT2D eigenvalue weighted by molar-refractivity contribution is 7.98. The van der Waals surface area contributed by atoms with Crippen LogP contribution in [-0.4, -0.2) is 39.6 Å². The number of carboxylic acid groups (broad SMARTS) is 1. The maximum atomic E-state index is 10.6. The van der Waals surface area contributed by atoms with E-state index >= 15 is 0 Å². The summed E-state index contributed by atoms with van der Waals surface area (Å²) >= 11 is 1.40. The number of hydrogen-bond donors (Lipinski definition) is 2. The molecule has 2 aliphatic carbocycles. The first-order valence-electron chi connectivity index (χ1n) is 7.01. The quantitative estimate of drug-likeness (QED) is 0.645. The third-order valence-electron chi connectivity index (χ3n) is 4.32. The minimum Gasteiger partial charge on any atom is -0.473 e. The van der Waals surface area contributed by atoms with Crippen molar-refractivity contribution in [2.24, 2.45) is 5.41 Å². The van der Waals surface area contributed by atoms with Crippen molar-refractivity contribution in [2.45, 2.75) is 43.0 Å². The summed E-state index contributed by atoms with van der Waals surface area (Å²) in [5.41, 5.74) is 0.553. The second kappa shape index (κ2) is 5.65. The topological polar surface area (TPSA) is 108 Å². The van der Waals surface area contributed by atoms with Crippen LogP contribution in [0.1, 0.15) is 31.2 Å². The van der Waals surface area contributed by atoms with Gasteiger partial charge in [0.05, 0.1) is 6.20 Å². The van der Waals surface area contributed by atoms with Crippen LogP contribution in [0.5, 0.6) is 5.88 Å². The van der Waals surface area contributed by atoms with Gasteiger partial charge >= 0.3 is 6.09 Å². The van der Waals surface area contributed by atoms with E-state index in [1.54, 1.807) is 0 Å². The summed E-state index contributed by atoms with van der Waals surface area (Å²) < 4.78 is 5.84. The second-order valence-corrected chi connectivity index (χ2v) is 6.66. The third-order valence-corrected chi connectivity index (χ3v) is 4.88. The van der Waals surface area contributed by atoms with Gasteiger partial charge in [0.25, 0.3) is 0 Å². The number of thioether (sulfide) groups is 1. The summed E-state index contributed by atoms with van der Waals surface area (Å²) in [4.78, 5) is 18.9. The fourth-order valence-corrected chi connectivity index (χ4v) is 3.69. The molecule has 0 atom stereocenters. The predicted molar refractivity (Wildman–Crippen MR) is 78.8 cm³/mol. The zero-order chi connectivity index (χ0) is 15.7. The molecule has 1 spiro atoms. The van der Waals surface area contributed by atoms with E-state index < -0.39 is 6.09 Å².